The highest BCUT2D eigenvalue weighted by molar-refractivity contribution is 5.51. The third-order valence-electron chi connectivity index (χ3n) is 4.80. The van der Waals surface area contributed by atoms with Crippen LogP contribution in [0, 0.1) is 15.5 Å². The van der Waals surface area contributed by atoms with Crippen molar-refractivity contribution in [2.24, 2.45) is 11.1 Å². The maximum atomic E-state index is 11.2. The number of nitrogens with zero attached hydrogens (tertiary/aromatic N) is 1. The van der Waals surface area contributed by atoms with Crippen molar-refractivity contribution in [2.75, 3.05) is 7.11 Å². The molecule has 0 aromatic heterocycles. The average molecular weight is 294 g/mol. The Morgan fingerprint density at radius 1 is 1.43 bits per heavy atom. The van der Waals surface area contributed by atoms with Gasteiger partial charge in [-0.2, -0.15) is 0 Å². The molecule has 21 heavy (non-hydrogen) atoms. The van der Waals surface area contributed by atoms with Crippen LogP contribution in [0.3, 0.4) is 0 Å². The lowest BCUT2D eigenvalue weighted by atomic mass is 9.59. The second-order valence-corrected chi connectivity index (χ2v) is 5.48. The number of hydrogen-bond donors (Lipinski definition) is 1. The second-order valence-electron chi connectivity index (χ2n) is 5.48. The molecule has 1 aromatic rings. The summed E-state index contributed by atoms with van der Waals surface area (Å²) in [6, 6.07) is 4.74. The molecule has 1 aliphatic carbocycles. The van der Waals surface area contributed by atoms with E-state index in [0.29, 0.717) is 5.75 Å². The quantitative estimate of drug-likeness (QED) is 0.644. The lowest BCUT2D eigenvalue weighted by Gasteiger charge is -2.53. The van der Waals surface area contributed by atoms with E-state index in [2.05, 4.69) is 13.8 Å². The first kappa shape index (κ1) is 15.6. The maximum absolute atomic E-state index is 11.2. The van der Waals surface area contributed by atoms with Crippen molar-refractivity contribution in [3.05, 3.63) is 28.3 Å². The molecule has 1 saturated carbocycles. The summed E-state index contributed by atoms with van der Waals surface area (Å²) in [5.74, 6) is 0.723. The average Bonchev–Trinajstić information content (AvgIpc) is 2.48. The summed E-state index contributed by atoms with van der Waals surface area (Å²) in [6.07, 6.45) is 2.46. The van der Waals surface area contributed by atoms with Crippen LogP contribution in [-0.2, 0) is 0 Å². The van der Waals surface area contributed by atoms with Crippen molar-refractivity contribution in [3.8, 4) is 11.5 Å². The first-order valence-corrected chi connectivity index (χ1v) is 7.23. The predicted octanol–water partition coefficient (Wildman–Crippen LogP) is 2.89. The topological polar surface area (TPSA) is 87.6 Å². The van der Waals surface area contributed by atoms with Gasteiger partial charge in [-0.15, -0.1) is 0 Å². The van der Waals surface area contributed by atoms with E-state index in [9.17, 15) is 10.1 Å². The number of rotatable bonds is 6. The van der Waals surface area contributed by atoms with E-state index in [0.717, 1.165) is 19.3 Å². The normalized spacial score (nSPS) is 23.2. The van der Waals surface area contributed by atoms with E-state index in [-0.39, 0.29) is 29.0 Å². The van der Waals surface area contributed by atoms with Gasteiger partial charge in [0, 0.05) is 17.9 Å². The molecule has 6 heteroatoms. The monoisotopic (exact) mass is 294 g/mol. The van der Waals surface area contributed by atoms with Gasteiger partial charge in [-0.1, -0.05) is 13.8 Å². The zero-order chi connectivity index (χ0) is 15.6. The molecule has 0 bridgehead atoms. The SMILES string of the molecule is CCC1(CC)C(N)CC1Oc1ccc(OC)cc1[N+](=O)[O-]. The lowest BCUT2D eigenvalue weighted by Crippen LogP contribution is -2.62. The number of benzene rings is 1. The third kappa shape index (κ3) is 2.55. The summed E-state index contributed by atoms with van der Waals surface area (Å²) >= 11 is 0. The van der Waals surface area contributed by atoms with Crippen LogP contribution in [0.5, 0.6) is 11.5 Å². The fraction of sp³-hybridized carbons (Fsp3) is 0.600. The zero-order valence-corrected chi connectivity index (χ0v) is 12.7. The minimum absolute atomic E-state index is 0.0732. The van der Waals surface area contributed by atoms with E-state index >= 15 is 0 Å². The molecule has 0 spiro atoms. The molecule has 1 fully saturated rings. The van der Waals surface area contributed by atoms with Crippen molar-refractivity contribution in [1.29, 1.82) is 0 Å². The molecular formula is C15H22N2O4. The summed E-state index contributed by atoms with van der Waals surface area (Å²) in [6.45, 7) is 4.17. The highest BCUT2D eigenvalue weighted by atomic mass is 16.6. The Morgan fingerprint density at radius 3 is 2.57 bits per heavy atom. The maximum Gasteiger partial charge on any atom is 0.314 e. The number of nitrogens with two attached hydrogens (primary N) is 1. The van der Waals surface area contributed by atoms with Crippen LogP contribution in [0.4, 0.5) is 5.69 Å². The summed E-state index contributed by atoms with van der Waals surface area (Å²) in [5.41, 5.74) is 5.97. The number of ether oxygens (including phenoxy) is 2. The van der Waals surface area contributed by atoms with Crippen molar-refractivity contribution >= 4 is 5.69 Å². The predicted molar refractivity (Wildman–Crippen MR) is 79.7 cm³/mol. The highest BCUT2D eigenvalue weighted by Gasteiger charge is 2.52. The minimum Gasteiger partial charge on any atom is -0.496 e. The van der Waals surface area contributed by atoms with Gasteiger partial charge in [0.15, 0.2) is 5.75 Å². The van der Waals surface area contributed by atoms with Crippen molar-refractivity contribution < 1.29 is 14.4 Å². The Morgan fingerprint density at radius 2 is 2.10 bits per heavy atom. The van der Waals surface area contributed by atoms with Gasteiger partial charge in [-0.05, 0) is 25.0 Å². The van der Waals surface area contributed by atoms with Crippen LogP contribution >= 0.6 is 0 Å². The van der Waals surface area contributed by atoms with Gasteiger partial charge in [-0.3, -0.25) is 10.1 Å². The Bertz CT molecular complexity index is 528. The Kier molecular flexibility index (Phi) is 4.37. The van der Waals surface area contributed by atoms with Crippen LogP contribution in [0.25, 0.3) is 0 Å². The van der Waals surface area contributed by atoms with Gasteiger partial charge in [0.05, 0.1) is 18.1 Å². The number of nitro groups is 1. The van der Waals surface area contributed by atoms with Crippen LogP contribution in [0.1, 0.15) is 33.1 Å². The van der Waals surface area contributed by atoms with Crippen LogP contribution < -0.4 is 15.2 Å². The molecule has 1 aliphatic rings. The van der Waals surface area contributed by atoms with Gasteiger partial charge in [0.2, 0.25) is 0 Å². The van der Waals surface area contributed by atoms with Gasteiger partial charge in [-0.25, -0.2) is 0 Å². The lowest BCUT2D eigenvalue weighted by molar-refractivity contribution is -0.386. The third-order valence-corrected chi connectivity index (χ3v) is 4.80. The minimum atomic E-state index is -0.448. The van der Waals surface area contributed by atoms with E-state index < -0.39 is 4.92 Å². The first-order valence-electron chi connectivity index (χ1n) is 7.23. The number of nitro benzene ring substituents is 1. The fourth-order valence-corrected chi connectivity index (χ4v) is 3.19. The molecule has 0 heterocycles. The molecule has 6 nitrogen and oxygen atoms in total. The van der Waals surface area contributed by atoms with E-state index in [1.165, 1.54) is 13.2 Å². The van der Waals surface area contributed by atoms with Crippen LogP contribution in [0.15, 0.2) is 18.2 Å². The molecule has 2 atom stereocenters. The molecule has 1 aromatic carbocycles. The molecule has 0 aliphatic heterocycles. The standard InChI is InChI=1S/C15H22N2O4/c1-4-15(5-2)13(16)9-14(15)21-12-7-6-10(20-3)8-11(12)17(18)19/h6-8,13-14H,4-5,9,16H2,1-3H3. The summed E-state index contributed by atoms with van der Waals surface area (Å²) in [5, 5.41) is 11.2. The second kappa shape index (κ2) is 5.89. The first-order chi connectivity index (χ1) is 9.98. The Balaban J connectivity index is 2.26. The van der Waals surface area contributed by atoms with E-state index in [4.69, 9.17) is 15.2 Å². The molecular weight excluding hydrogens is 272 g/mol. The zero-order valence-electron chi connectivity index (χ0n) is 12.7. The molecule has 0 saturated heterocycles. The molecule has 116 valence electrons. The van der Waals surface area contributed by atoms with Gasteiger partial charge in [0.1, 0.15) is 11.9 Å². The van der Waals surface area contributed by atoms with Gasteiger partial charge in [0.25, 0.3) is 0 Å². The van der Waals surface area contributed by atoms with Crippen molar-refractivity contribution in [2.45, 2.75) is 45.3 Å². The molecule has 0 amide bonds. The number of methoxy groups -OCH3 is 1. The van der Waals surface area contributed by atoms with Crippen molar-refractivity contribution in [3.63, 3.8) is 0 Å². The molecule has 2 unspecified atom stereocenters. The summed E-state index contributed by atoms with van der Waals surface area (Å²) in [7, 11) is 1.48. The summed E-state index contributed by atoms with van der Waals surface area (Å²) < 4.78 is 11.0. The van der Waals surface area contributed by atoms with Crippen LogP contribution in [0.2, 0.25) is 0 Å². The van der Waals surface area contributed by atoms with Gasteiger partial charge < -0.3 is 15.2 Å². The Labute approximate surface area is 124 Å². The largest absolute Gasteiger partial charge is 0.496 e. The van der Waals surface area contributed by atoms with Crippen LogP contribution in [-0.4, -0.2) is 24.2 Å². The highest BCUT2D eigenvalue weighted by Crippen LogP contribution is 2.48. The smallest absolute Gasteiger partial charge is 0.314 e. The fourth-order valence-electron chi connectivity index (χ4n) is 3.19. The van der Waals surface area contributed by atoms with E-state index in [1.54, 1.807) is 12.1 Å². The van der Waals surface area contributed by atoms with Crippen molar-refractivity contribution in [1.82, 2.24) is 0 Å². The molecule has 0 radical (unpaired) electrons. The molecule has 2 N–H and O–H groups in total. The van der Waals surface area contributed by atoms with E-state index in [1.807, 2.05) is 0 Å². The summed E-state index contributed by atoms with van der Waals surface area (Å²) in [4.78, 5) is 10.7. The Hall–Kier alpha value is -1.82. The molecule has 2 rings (SSSR count). The number of hydrogen-bond acceptors (Lipinski definition) is 5. The van der Waals surface area contributed by atoms with Gasteiger partial charge >= 0.3 is 5.69 Å².